The van der Waals surface area contributed by atoms with Crippen LogP contribution in [0.1, 0.15) is 18.1 Å². The number of nitrogens with two attached hydrogens (primary N) is 1. The van der Waals surface area contributed by atoms with E-state index >= 15 is 0 Å². The molecule has 1 amide bonds. The minimum absolute atomic E-state index is 0.0602. The van der Waals surface area contributed by atoms with Gasteiger partial charge < -0.3 is 21.5 Å². The average Bonchev–Trinajstić information content (AvgIpc) is 2.52. The standard InChI is InChI=1S/C18H22FN3O2/c1-11-4-5-13(9-15(11)19)21-10-18(3,24)17(23)22-14-6-7-16(20)12(2)8-14/h4-9,21,24H,10,20H2,1-3H3,(H,22,23)/t18-/m0/s1. The van der Waals surface area contributed by atoms with E-state index in [2.05, 4.69) is 10.6 Å². The maximum absolute atomic E-state index is 13.5. The number of amides is 1. The molecular formula is C18H22FN3O2. The number of benzene rings is 2. The van der Waals surface area contributed by atoms with E-state index in [1.165, 1.54) is 13.0 Å². The highest BCUT2D eigenvalue weighted by Crippen LogP contribution is 2.19. The van der Waals surface area contributed by atoms with Crippen LogP contribution in [0.3, 0.4) is 0 Å². The summed E-state index contributed by atoms with van der Waals surface area (Å²) in [6.07, 6.45) is 0. The third-order valence-electron chi connectivity index (χ3n) is 3.83. The molecule has 0 radical (unpaired) electrons. The predicted molar refractivity (Wildman–Crippen MR) is 94.5 cm³/mol. The summed E-state index contributed by atoms with van der Waals surface area (Å²) in [6.45, 7) is 4.83. The van der Waals surface area contributed by atoms with E-state index in [-0.39, 0.29) is 12.4 Å². The Balaban J connectivity index is 2.01. The molecule has 1 atom stereocenters. The van der Waals surface area contributed by atoms with E-state index in [0.29, 0.717) is 22.6 Å². The zero-order valence-corrected chi connectivity index (χ0v) is 14.0. The van der Waals surface area contributed by atoms with Crippen LogP contribution in [0.2, 0.25) is 0 Å². The molecule has 0 fully saturated rings. The van der Waals surface area contributed by atoms with Crippen molar-refractivity contribution in [3.8, 4) is 0 Å². The van der Waals surface area contributed by atoms with Crippen LogP contribution in [0, 0.1) is 19.7 Å². The monoisotopic (exact) mass is 331 g/mol. The van der Waals surface area contributed by atoms with E-state index in [9.17, 15) is 14.3 Å². The van der Waals surface area contributed by atoms with Crippen molar-refractivity contribution in [3.05, 3.63) is 53.3 Å². The van der Waals surface area contributed by atoms with Gasteiger partial charge in [0.15, 0.2) is 5.60 Å². The van der Waals surface area contributed by atoms with Crippen LogP contribution in [0.15, 0.2) is 36.4 Å². The zero-order valence-electron chi connectivity index (χ0n) is 14.0. The van der Waals surface area contributed by atoms with Crippen LogP contribution < -0.4 is 16.4 Å². The van der Waals surface area contributed by atoms with Crippen molar-refractivity contribution in [2.75, 3.05) is 22.9 Å². The molecule has 0 saturated heterocycles. The smallest absolute Gasteiger partial charge is 0.257 e. The number of aliphatic hydroxyl groups is 1. The van der Waals surface area contributed by atoms with Crippen molar-refractivity contribution >= 4 is 23.0 Å². The van der Waals surface area contributed by atoms with E-state index in [4.69, 9.17) is 5.73 Å². The number of anilines is 3. The molecule has 5 nitrogen and oxygen atoms in total. The number of nitrogen functional groups attached to an aromatic ring is 1. The van der Waals surface area contributed by atoms with Gasteiger partial charge in [0.2, 0.25) is 0 Å². The van der Waals surface area contributed by atoms with Gasteiger partial charge in [0.1, 0.15) is 5.82 Å². The fourth-order valence-corrected chi connectivity index (χ4v) is 2.08. The van der Waals surface area contributed by atoms with E-state index in [0.717, 1.165) is 5.56 Å². The summed E-state index contributed by atoms with van der Waals surface area (Å²) in [6, 6.07) is 9.73. The van der Waals surface area contributed by atoms with Crippen molar-refractivity contribution in [2.24, 2.45) is 0 Å². The first-order valence-electron chi connectivity index (χ1n) is 7.59. The second-order valence-electron chi connectivity index (χ2n) is 6.12. The topological polar surface area (TPSA) is 87.4 Å². The molecule has 128 valence electrons. The molecule has 0 bridgehead atoms. The summed E-state index contributed by atoms with van der Waals surface area (Å²) in [5.41, 5.74) is 7.10. The van der Waals surface area contributed by atoms with Crippen molar-refractivity contribution in [3.63, 3.8) is 0 Å². The third kappa shape index (κ3) is 4.23. The molecule has 0 spiro atoms. The zero-order chi connectivity index (χ0) is 17.9. The molecule has 24 heavy (non-hydrogen) atoms. The van der Waals surface area contributed by atoms with Crippen molar-refractivity contribution in [2.45, 2.75) is 26.4 Å². The highest BCUT2D eigenvalue weighted by atomic mass is 19.1. The normalized spacial score (nSPS) is 13.2. The number of carbonyl (C=O) groups is 1. The first kappa shape index (κ1) is 17.7. The molecule has 0 aliphatic heterocycles. The minimum Gasteiger partial charge on any atom is -0.399 e. The van der Waals surface area contributed by atoms with Crippen molar-refractivity contribution in [1.29, 1.82) is 0 Å². The Labute approximate surface area is 140 Å². The molecule has 0 unspecified atom stereocenters. The van der Waals surface area contributed by atoms with Crippen LogP contribution in [0.25, 0.3) is 0 Å². The number of aryl methyl sites for hydroxylation is 2. The Kier molecular flexibility index (Phi) is 5.09. The summed E-state index contributed by atoms with van der Waals surface area (Å²) in [5, 5.41) is 15.9. The molecule has 0 saturated carbocycles. The largest absolute Gasteiger partial charge is 0.399 e. The van der Waals surface area contributed by atoms with Crippen molar-refractivity contribution < 1.29 is 14.3 Å². The van der Waals surface area contributed by atoms with Gasteiger partial charge in [-0.05, 0) is 62.2 Å². The Hall–Kier alpha value is -2.60. The molecule has 2 aromatic rings. The van der Waals surface area contributed by atoms with E-state index in [1.54, 1.807) is 37.3 Å². The summed E-state index contributed by atoms with van der Waals surface area (Å²) in [4.78, 5) is 12.3. The van der Waals surface area contributed by atoms with Crippen LogP contribution in [-0.4, -0.2) is 23.2 Å². The quantitative estimate of drug-likeness (QED) is 0.635. The van der Waals surface area contributed by atoms with Crippen LogP contribution >= 0.6 is 0 Å². The molecular weight excluding hydrogens is 309 g/mol. The maximum atomic E-state index is 13.5. The Bertz CT molecular complexity index is 760. The molecule has 0 aliphatic carbocycles. The van der Waals surface area contributed by atoms with Crippen LogP contribution in [0.5, 0.6) is 0 Å². The summed E-state index contributed by atoms with van der Waals surface area (Å²) in [5.74, 6) is -0.909. The lowest BCUT2D eigenvalue weighted by molar-refractivity contribution is -0.131. The highest BCUT2D eigenvalue weighted by Gasteiger charge is 2.30. The lowest BCUT2D eigenvalue weighted by atomic mass is 10.1. The van der Waals surface area contributed by atoms with Crippen LogP contribution in [0.4, 0.5) is 21.5 Å². The van der Waals surface area contributed by atoms with Gasteiger partial charge in [-0.1, -0.05) is 6.07 Å². The number of rotatable bonds is 5. The number of carbonyl (C=O) groups excluding carboxylic acids is 1. The molecule has 0 aliphatic rings. The van der Waals surface area contributed by atoms with E-state index < -0.39 is 11.5 Å². The lowest BCUT2D eigenvalue weighted by Gasteiger charge is -2.23. The second kappa shape index (κ2) is 6.88. The number of halogens is 1. The minimum atomic E-state index is -1.67. The summed E-state index contributed by atoms with van der Waals surface area (Å²) < 4.78 is 13.5. The molecule has 0 aromatic heterocycles. The van der Waals surface area contributed by atoms with Gasteiger partial charge in [-0.2, -0.15) is 0 Å². The molecule has 2 rings (SSSR count). The van der Waals surface area contributed by atoms with Gasteiger partial charge in [-0.15, -0.1) is 0 Å². The SMILES string of the molecule is Cc1cc(NC(=O)[C@@](C)(O)CNc2ccc(C)c(F)c2)ccc1N. The molecule has 2 aromatic carbocycles. The number of hydrogen-bond donors (Lipinski definition) is 4. The maximum Gasteiger partial charge on any atom is 0.257 e. The highest BCUT2D eigenvalue weighted by molar-refractivity contribution is 5.97. The van der Waals surface area contributed by atoms with Gasteiger partial charge in [-0.25, -0.2) is 4.39 Å². The van der Waals surface area contributed by atoms with Gasteiger partial charge in [0.25, 0.3) is 5.91 Å². The van der Waals surface area contributed by atoms with Crippen molar-refractivity contribution in [1.82, 2.24) is 0 Å². The summed E-state index contributed by atoms with van der Waals surface area (Å²) in [7, 11) is 0. The van der Waals surface area contributed by atoms with Gasteiger partial charge in [-0.3, -0.25) is 4.79 Å². The molecule has 0 heterocycles. The predicted octanol–water partition coefficient (Wildman–Crippen LogP) is 2.83. The number of hydrogen-bond acceptors (Lipinski definition) is 4. The Morgan fingerprint density at radius 2 is 1.83 bits per heavy atom. The van der Waals surface area contributed by atoms with Gasteiger partial charge in [0, 0.05) is 17.1 Å². The first-order valence-corrected chi connectivity index (χ1v) is 7.59. The van der Waals surface area contributed by atoms with E-state index in [1.807, 2.05) is 6.92 Å². The fraction of sp³-hybridized carbons (Fsp3) is 0.278. The molecule has 5 N–H and O–H groups in total. The lowest BCUT2D eigenvalue weighted by Crippen LogP contribution is -2.45. The third-order valence-corrected chi connectivity index (χ3v) is 3.83. The van der Waals surface area contributed by atoms with Gasteiger partial charge in [0.05, 0.1) is 6.54 Å². The summed E-state index contributed by atoms with van der Waals surface area (Å²) >= 11 is 0. The molecule has 6 heteroatoms. The fourth-order valence-electron chi connectivity index (χ4n) is 2.08. The van der Waals surface area contributed by atoms with Gasteiger partial charge >= 0.3 is 0 Å². The second-order valence-corrected chi connectivity index (χ2v) is 6.12. The van der Waals surface area contributed by atoms with Crippen LogP contribution in [-0.2, 0) is 4.79 Å². The average molecular weight is 331 g/mol. The Morgan fingerprint density at radius 3 is 2.46 bits per heavy atom. The Morgan fingerprint density at radius 1 is 1.17 bits per heavy atom. The number of nitrogens with one attached hydrogen (secondary N) is 2. The first-order chi connectivity index (χ1) is 11.2.